The van der Waals surface area contributed by atoms with Gasteiger partial charge in [-0.2, -0.15) is 0 Å². The third kappa shape index (κ3) is 4.33. The second-order valence-corrected chi connectivity index (χ2v) is 8.61. The molecule has 2 aromatic carbocycles. The molecule has 0 fully saturated rings. The zero-order valence-corrected chi connectivity index (χ0v) is 16.3. The molecule has 0 heterocycles. The van der Waals surface area contributed by atoms with E-state index in [0.717, 1.165) is 9.87 Å². The normalized spacial score (nSPS) is 12.9. The monoisotopic (exact) mass is 400 g/mol. The molecule has 0 aliphatic heterocycles. The molecule has 0 spiro atoms. The number of hydrogen-bond donors (Lipinski definition) is 1. The van der Waals surface area contributed by atoms with E-state index in [9.17, 15) is 13.2 Å². The molecule has 0 radical (unpaired) electrons. The molecule has 0 unspecified atom stereocenters. The van der Waals surface area contributed by atoms with E-state index in [2.05, 4.69) is 5.32 Å². The summed E-state index contributed by atoms with van der Waals surface area (Å²) in [6.45, 7) is 1.79. The summed E-state index contributed by atoms with van der Waals surface area (Å²) in [7, 11) is -0.824. The Labute approximate surface area is 157 Å². The van der Waals surface area contributed by atoms with Crippen LogP contribution < -0.4 is 5.32 Å². The van der Waals surface area contributed by atoms with Gasteiger partial charge in [0.2, 0.25) is 10.0 Å². The molecule has 2 rings (SSSR count). The maximum absolute atomic E-state index is 12.6. The molecule has 5 nitrogen and oxygen atoms in total. The van der Waals surface area contributed by atoms with E-state index >= 15 is 0 Å². The number of carbonyl (C=O) groups excluding carboxylic acids is 1. The van der Waals surface area contributed by atoms with Gasteiger partial charge in [-0.05, 0) is 36.8 Å². The van der Waals surface area contributed by atoms with E-state index in [4.69, 9.17) is 23.2 Å². The molecule has 8 heteroatoms. The molecule has 0 saturated heterocycles. The van der Waals surface area contributed by atoms with Gasteiger partial charge >= 0.3 is 0 Å². The van der Waals surface area contributed by atoms with Crippen molar-refractivity contribution in [2.75, 3.05) is 14.1 Å². The summed E-state index contributed by atoms with van der Waals surface area (Å²) in [6.07, 6.45) is 0. The van der Waals surface area contributed by atoms with Crippen molar-refractivity contribution in [3.8, 4) is 0 Å². The lowest BCUT2D eigenvalue weighted by atomic mass is 10.1. The van der Waals surface area contributed by atoms with Crippen molar-refractivity contribution in [3.05, 3.63) is 63.6 Å². The minimum atomic E-state index is -3.66. The van der Waals surface area contributed by atoms with Crippen molar-refractivity contribution >= 4 is 39.1 Å². The van der Waals surface area contributed by atoms with Crippen LogP contribution in [0.1, 0.15) is 28.9 Å². The number of nitrogens with one attached hydrogen (secondary N) is 1. The van der Waals surface area contributed by atoms with Gasteiger partial charge in [0.05, 0.1) is 21.5 Å². The zero-order valence-electron chi connectivity index (χ0n) is 14.0. The maximum Gasteiger partial charge on any atom is 0.253 e. The molecule has 25 heavy (non-hydrogen) atoms. The van der Waals surface area contributed by atoms with Crippen molar-refractivity contribution in [2.24, 2.45) is 0 Å². The first-order chi connectivity index (χ1) is 11.6. The number of carbonyl (C=O) groups is 1. The van der Waals surface area contributed by atoms with Gasteiger partial charge < -0.3 is 5.32 Å². The molecule has 0 bridgehead atoms. The molecule has 0 saturated carbocycles. The molecule has 1 N–H and O–H groups in total. The number of benzene rings is 2. The van der Waals surface area contributed by atoms with Crippen LogP contribution in [0.15, 0.2) is 47.4 Å². The Morgan fingerprint density at radius 1 is 1.08 bits per heavy atom. The van der Waals surface area contributed by atoms with Crippen LogP contribution in [0.2, 0.25) is 10.0 Å². The third-order valence-electron chi connectivity index (χ3n) is 3.68. The van der Waals surface area contributed by atoms with E-state index < -0.39 is 15.9 Å². The summed E-state index contributed by atoms with van der Waals surface area (Å²) in [6, 6.07) is 10.8. The molecule has 1 atom stereocenters. The van der Waals surface area contributed by atoms with Crippen LogP contribution >= 0.6 is 23.2 Å². The van der Waals surface area contributed by atoms with Crippen LogP contribution in [0, 0.1) is 0 Å². The highest BCUT2D eigenvalue weighted by Crippen LogP contribution is 2.25. The predicted octanol–water partition coefficient (Wildman–Crippen LogP) is 3.73. The molecule has 0 aliphatic rings. The van der Waals surface area contributed by atoms with Crippen LogP contribution in [0.3, 0.4) is 0 Å². The predicted molar refractivity (Wildman–Crippen MR) is 99.7 cm³/mol. The van der Waals surface area contributed by atoms with E-state index in [0.29, 0.717) is 5.02 Å². The Morgan fingerprint density at radius 3 is 2.32 bits per heavy atom. The second-order valence-electron chi connectivity index (χ2n) is 5.65. The lowest BCUT2D eigenvalue weighted by Gasteiger charge is -2.17. The van der Waals surface area contributed by atoms with Crippen LogP contribution in [0.4, 0.5) is 0 Å². The van der Waals surface area contributed by atoms with Gasteiger partial charge in [0, 0.05) is 19.1 Å². The van der Waals surface area contributed by atoms with E-state index in [-0.39, 0.29) is 21.5 Å². The number of amides is 1. The van der Waals surface area contributed by atoms with Gasteiger partial charge in [-0.3, -0.25) is 4.79 Å². The average molecular weight is 401 g/mol. The standard InChI is InChI=1S/C17H18Cl2N2O3S/c1-11(13-6-4-5-7-15(13)18)20-17(22)14-10-12(8-9-16(14)19)25(23,24)21(2)3/h4-11H,1-3H3,(H,20,22)/t11-/m1/s1. The largest absolute Gasteiger partial charge is 0.345 e. The first-order valence-electron chi connectivity index (χ1n) is 7.42. The number of rotatable bonds is 5. The van der Waals surface area contributed by atoms with Crippen LogP contribution in [0.5, 0.6) is 0 Å². The lowest BCUT2D eigenvalue weighted by molar-refractivity contribution is 0.0940. The fourth-order valence-electron chi connectivity index (χ4n) is 2.23. The van der Waals surface area contributed by atoms with Crippen molar-refractivity contribution in [3.63, 3.8) is 0 Å². The van der Waals surface area contributed by atoms with Crippen molar-refractivity contribution in [1.29, 1.82) is 0 Å². The molecule has 134 valence electrons. The SMILES string of the molecule is C[C@@H](NC(=O)c1cc(S(=O)(=O)N(C)C)ccc1Cl)c1ccccc1Cl. The van der Waals surface area contributed by atoms with Crippen LogP contribution in [-0.4, -0.2) is 32.7 Å². The first kappa shape index (κ1) is 19.7. The fourth-order valence-corrected chi connectivity index (χ4v) is 3.66. The van der Waals surface area contributed by atoms with Crippen LogP contribution in [-0.2, 0) is 10.0 Å². The molecular weight excluding hydrogens is 383 g/mol. The Morgan fingerprint density at radius 2 is 1.72 bits per heavy atom. The quantitative estimate of drug-likeness (QED) is 0.830. The number of halogens is 2. The van der Waals surface area contributed by atoms with Gasteiger partial charge in [0.25, 0.3) is 5.91 Å². The molecule has 0 aromatic heterocycles. The van der Waals surface area contributed by atoms with Gasteiger partial charge in [-0.1, -0.05) is 41.4 Å². The van der Waals surface area contributed by atoms with Crippen LogP contribution in [0.25, 0.3) is 0 Å². The number of hydrogen-bond acceptors (Lipinski definition) is 3. The fraction of sp³-hybridized carbons (Fsp3) is 0.235. The number of sulfonamides is 1. The highest BCUT2D eigenvalue weighted by molar-refractivity contribution is 7.89. The maximum atomic E-state index is 12.6. The number of nitrogens with zero attached hydrogens (tertiary/aromatic N) is 1. The highest BCUT2D eigenvalue weighted by atomic mass is 35.5. The third-order valence-corrected chi connectivity index (χ3v) is 6.17. The topological polar surface area (TPSA) is 66.5 Å². The summed E-state index contributed by atoms with van der Waals surface area (Å²) in [5.74, 6) is -0.478. The highest BCUT2D eigenvalue weighted by Gasteiger charge is 2.22. The molecular formula is C17H18Cl2N2O3S. The average Bonchev–Trinajstić information content (AvgIpc) is 2.55. The van der Waals surface area contributed by atoms with Crippen molar-refractivity contribution in [2.45, 2.75) is 17.9 Å². The smallest absolute Gasteiger partial charge is 0.253 e. The summed E-state index contributed by atoms with van der Waals surface area (Å²) < 4.78 is 25.6. The van der Waals surface area contributed by atoms with E-state index in [1.54, 1.807) is 19.1 Å². The minimum absolute atomic E-state index is 0.00236. The second kappa shape index (κ2) is 7.74. The van der Waals surface area contributed by atoms with Gasteiger partial charge in [-0.15, -0.1) is 0 Å². The van der Waals surface area contributed by atoms with Gasteiger partial charge in [0.15, 0.2) is 0 Å². The van der Waals surface area contributed by atoms with Crippen molar-refractivity contribution < 1.29 is 13.2 Å². The van der Waals surface area contributed by atoms with E-state index in [1.807, 2.05) is 12.1 Å². The lowest BCUT2D eigenvalue weighted by Crippen LogP contribution is -2.28. The Bertz CT molecular complexity index is 899. The molecule has 2 aromatic rings. The zero-order chi connectivity index (χ0) is 18.8. The summed E-state index contributed by atoms with van der Waals surface area (Å²) in [5.41, 5.74) is 0.842. The Hall–Kier alpha value is -1.60. The minimum Gasteiger partial charge on any atom is -0.345 e. The first-order valence-corrected chi connectivity index (χ1v) is 9.61. The molecule has 0 aliphatic carbocycles. The summed E-state index contributed by atoms with van der Waals surface area (Å²) in [5, 5.41) is 3.49. The Kier molecular flexibility index (Phi) is 6.11. The van der Waals surface area contributed by atoms with Gasteiger partial charge in [-0.25, -0.2) is 12.7 Å². The molecule has 1 amide bonds. The summed E-state index contributed by atoms with van der Waals surface area (Å²) >= 11 is 12.2. The van der Waals surface area contributed by atoms with Gasteiger partial charge in [0.1, 0.15) is 0 Å². The summed E-state index contributed by atoms with van der Waals surface area (Å²) in [4.78, 5) is 12.6. The van der Waals surface area contributed by atoms with E-state index in [1.165, 1.54) is 32.3 Å². The van der Waals surface area contributed by atoms with Crippen molar-refractivity contribution in [1.82, 2.24) is 9.62 Å². The Balaban J connectivity index is 2.32.